The Labute approximate surface area is 107 Å². The molecule has 0 unspecified atom stereocenters. The van der Waals surface area contributed by atoms with E-state index in [4.69, 9.17) is 0 Å². The zero-order valence-corrected chi connectivity index (χ0v) is 11.5. The number of rotatable bonds is 9. The van der Waals surface area contributed by atoms with E-state index in [9.17, 15) is 0 Å². The molecule has 0 aliphatic rings. The van der Waals surface area contributed by atoms with Gasteiger partial charge in [0.1, 0.15) is 0 Å². The molecule has 0 saturated heterocycles. The van der Waals surface area contributed by atoms with Gasteiger partial charge in [0.05, 0.1) is 0 Å². The lowest BCUT2D eigenvalue weighted by atomic mass is 9.90. The van der Waals surface area contributed by atoms with Crippen molar-refractivity contribution < 1.29 is 0 Å². The standard InChI is InChI=1S/C16H27N/c1-3-5-7-15(8-6-4-2)9-10-16-11-13-17-14-12-16/h11-15H,3-10H2,1-2H3. The molecule has 1 heteroatoms. The van der Waals surface area contributed by atoms with Crippen molar-refractivity contribution in [2.45, 2.75) is 65.2 Å². The van der Waals surface area contributed by atoms with Crippen molar-refractivity contribution >= 4 is 0 Å². The zero-order chi connectivity index (χ0) is 12.3. The minimum atomic E-state index is 0.933. The molecule has 0 fully saturated rings. The van der Waals surface area contributed by atoms with Crippen LogP contribution in [0.2, 0.25) is 0 Å². The van der Waals surface area contributed by atoms with Crippen LogP contribution in [0.15, 0.2) is 24.5 Å². The van der Waals surface area contributed by atoms with E-state index in [1.54, 1.807) is 0 Å². The average Bonchev–Trinajstić information content (AvgIpc) is 2.39. The van der Waals surface area contributed by atoms with E-state index < -0.39 is 0 Å². The highest BCUT2D eigenvalue weighted by atomic mass is 14.6. The third-order valence-electron chi connectivity index (χ3n) is 3.52. The second-order valence-electron chi connectivity index (χ2n) is 5.04. The lowest BCUT2D eigenvalue weighted by Crippen LogP contribution is -2.03. The van der Waals surface area contributed by atoms with Gasteiger partial charge >= 0.3 is 0 Å². The molecule has 1 heterocycles. The second-order valence-corrected chi connectivity index (χ2v) is 5.04. The Kier molecular flexibility index (Phi) is 7.70. The summed E-state index contributed by atoms with van der Waals surface area (Å²) in [5.74, 6) is 0.933. The van der Waals surface area contributed by atoms with E-state index in [-0.39, 0.29) is 0 Å². The van der Waals surface area contributed by atoms with Crippen molar-refractivity contribution in [1.82, 2.24) is 4.98 Å². The molecular formula is C16H27N. The van der Waals surface area contributed by atoms with Crippen LogP contribution in [0, 0.1) is 5.92 Å². The van der Waals surface area contributed by atoms with Gasteiger partial charge in [-0.3, -0.25) is 4.98 Å². The summed E-state index contributed by atoms with van der Waals surface area (Å²) in [6, 6.07) is 4.30. The van der Waals surface area contributed by atoms with Gasteiger partial charge in [0, 0.05) is 12.4 Å². The van der Waals surface area contributed by atoms with Crippen LogP contribution in [0.1, 0.15) is 64.4 Å². The number of nitrogens with zero attached hydrogens (tertiary/aromatic N) is 1. The first-order valence-electron chi connectivity index (χ1n) is 7.25. The Hall–Kier alpha value is -0.850. The van der Waals surface area contributed by atoms with Crippen LogP contribution in [0.4, 0.5) is 0 Å². The largest absolute Gasteiger partial charge is 0.265 e. The maximum atomic E-state index is 4.07. The van der Waals surface area contributed by atoms with Crippen molar-refractivity contribution in [2.75, 3.05) is 0 Å². The first-order chi connectivity index (χ1) is 8.36. The topological polar surface area (TPSA) is 12.9 Å². The highest BCUT2D eigenvalue weighted by Crippen LogP contribution is 2.21. The van der Waals surface area contributed by atoms with Crippen LogP contribution in [0.5, 0.6) is 0 Å². The Morgan fingerprint density at radius 1 is 0.941 bits per heavy atom. The molecule has 0 amide bonds. The minimum Gasteiger partial charge on any atom is -0.265 e. The Morgan fingerprint density at radius 3 is 2.06 bits per heavy atom. The normalized spacial score (nSPS) is 11.0. The third kappa shape index (κ3) is 6.45. The molecule has 17 heavy (non-hydrogen) atoms. The van der Waals surface area contributed by atoms with Gasteiger partial charge in [-0.15, -0.1) is 0 Å². The molecule has 1 nitrogen and oxygen atoms in total. The fourth-order valence-electron chi connectivity index (χ4n) is 2.34. The summed E-state index contributed by atoms with van der Waals surface area (Å²) >= 11 is 0. The summed E-state index contributed by atoms with van der Waals surface area (Å²) in [5.41, 5.74) is 1.44. The average molecular weight is 233 g/mol. The summed E-state index contributed by atoms with van der Waals surface area (Å²) in [5, 5.41) is 0. The van der Waals surface area contributed by atoms with Crippen LogP contribution in [-0.4, -0.2) is 4.98 Å². The summed E-state index contributed by atoms with van der Waals surface area (Å²) in [7, 11) is 0. The van der Waals surface area contributed by atoms with Crippen molar-refractivity contribution in [3.63, 3.8) is 0 Å². The number of unbranched alkanes of at least 4 members (excludes halogenated alkanes) is 2. The second kappa shape index (κ2) is 9.21. The van der Waals surface area contributed by atoms with E-state index in [1.165, 1.54) is 56.9 Å². The van der Waals surface area contributed by atoms with Gasteiger partial charge < -0.3 is 0 Å². The molecular weight excluding hydrogens is 206 g/mol. The maximum Gasteiger partial charge on any atom is 0.0270 e. The maximum absolute atomic E-state index is 4.07. The highest BCUT2D eigenvalue weighted by Gasteiger charge is 2.08. The van der Waals surface area contributed by atoms with Gasteiger partial charge in [0.25, 0.3) is 0 Å². The molecule has 0 aliphatic carbocycles. The molecule has 1 aromatic rings. The van der Waals surface area contributed by atoms with Gasteiger partial charge in [-0.2, -0.15) is 0 Å². The fourth-order valence-corrected chi connectivity index (χ4v) is 2.34. The number of aryl methyl sites for hydroxylation is 1. The quantitative estimate of drug-likeness (QED) is 0.584. The first-order valence-corrected chi connectivity index (χ1v) is 7.25. The summed E-state index contributed by atoms with van der Waals surface area (Å²) in [6.07, 6.45) is 14.7. The Morgan fingerprint density at radius 2 is 1.53 bits per heavy atom. The first kappa shape index (κ1) is 14.2. The van der Waals surface area contributed by atoms with Crippen LogP contribution < -0.4 is 0 Å². The molecule has 0 bridgehead atoms. The lowest BCUT2D eigenvalue weighted by Gasteiger charge is -2.16. The monoisotopic (exact) mass is 233 g/mol. The van der Waals surface area contributed by atoms with E-state index in [0.717, 1.165) is 5.92 Å². The Balaban J connectivity index is 2.31. The Bertz CT molecular complexity index is 260. The van der Waals surface area contributed by atoms with Crippen molar-refractivity contribution in [3.8, 4) is 0 Å². The van der Waals surface area contributed by atoms with Crippen molar-refractivity contribution in [2.24, 2.45) is 5.92 Å². The predicted molar refractivity (Wildman–Crippen MR) is 75.1 cm³/mol. The predicted octanol–water partition coefficient (Wildman–Crippen LogP) is 5.01. The highest BCUT2D eigenvalue weighted by molar-refractivity contribution is 5.09. The minimum absolute atomic E-state index is 0.933. The molecule has 0 saturated carbocycles. The van der Waals surface area contributed by atoms with Crippen LogP contribution in [-0.2, 0) is 6.42 Å². The van der Waals surface area contributed by atoms with E-state index in [1.807, 2.05) is 12.4 Å². The smallest absolute Gasteiger partial charge is 0.0270 e. The molecule has 0 spiro atoms. The molecule has 0 radical (unpaired) electrons. The van der Waals surface area contributed by atoms with Gasteiger partial charge in [-0.05, 0) is 36.5 Å². The van der Waals surface area contributed by atoms with Crippen molar-refractivity contribution in [1.29, 1.82) is 0 Å². The summed E-state index contributed by atoms with van der Waals surface area (Å²) in [6.45, 7) is 4.58. The van der Waals surface area contributed by atoms with Gasteiger partial charge in [0.2, 0.25) is 0 Å². The molecule has 1 rings (SSSR count). The molecule has 96 valence electrons. The fraction of sp³-hybridized carbons (Fsp3) is 0.688. The SMILES string of the molecule is CCCCC(CCCC)CCc1ccncc1. The van der Waals surface area contributed by atoms with Gasteiger partial charge in [-0.1, -0.05) is 52.4 Å². The number of pyridine rings is 1. The summed E-state index contributed by atoms with van der Waals surface area (Å²) in [4.78, 5) is 4.07. The number of hydrogen-bond acceptors (Lipinski definition) is 1. The van der Waals surface area contributed by atoms with Crippen LogP contribution >= 0.6 is 0 Å². The van der Waals surface area contributed by atoms with Crippen LogP contribution in [0.25, 0.3) is 0 Å². The van der Waals surface area contributed by atoms with Gasteiger partial charge in [-0.25, -0.2) is 0 Å². The van der Waals surface area contributed by atoms with Crippen molar-refractivity contribution in [3.05, 3.63) is 30.1 Å². The van der Waals surface area contributed by atoms with Gasteiger partial charge in [0.15, 0.2) is 0 Å². The molecule has 0 atom stereocenters. The van der Waals surface area contributed by atoms with E-state index in [0.29, 0.717) is 0 Å². The molecule has 1 aromatic heterocycles. The summed E-state index contributed by atoms with van der Waals surface area (Å²) < 4.78 is 0. The molecule has 0 N–H and O–H groups in total. The third-order valence-corrected chi connectivity index (χ3v) is 3.52. The number of hydrogen-bond donors (Lipinski definition) is 0. The number of aromatic nitrogens is 1. The van der Waals surface area contributed by atoms with E-state index in [2.05, 4.69) is 31.0 Å². The van der Waals surface area contributed by atoms with E-state index >= 15 is 0 Å². The lowest BCUT2D eigenvalue weighted by molar-refractivity contribution is 0.394. The molecule has 0 aromatic carbocycles. The molecule has 0 aliphatic heterocycles. The zero-order valence-electron chi connectivity index (χ0n) is 11.5. The van der Waals surface area contributed by atoms with Crippen LogP contribution in [0.3, 0.4) is 0 Å².